The molecule has 8 heavy (non-hydrogen) atoms. The van der Waals surface area contributed by atoms with Crippen LogP contribution in [-0.2, 0) is 14.3 Å². The molecule has 0 fully saturated rings. The van der Waals surface area contributed by atoms with Gasteiger partial charge < -0.3 is 4.74 Å². The molecule has 0 aliphatic rings. The van der Waals surface area contributed by atoms with E-state index in [0.717, 1.165) is 0 Å². The first-order valence-corrected chi connectivity index (χ1v) is 2.36. The summed E-state index contributed by atoms with van der Waals surface area (Å²) in [5, 5.41) is 0. The number of hydrogen-bond acceptors (Lipinski definition) is 3. The Morgan fingerprint density at radius 2 is 1.50 bits per heavy atom. The fraction of sp³-hybridized carbons (Fsp3) is 0.600. The van der Waals surface area contributed by atoms with Crippen LogP contribution in [0.25, 0.3) is 0 Å². The lowest BCUT2D eigenvalue weighted by atomic mass is 10.6. The van der Waals surface area contributed by atoms with Crippen LogP contribution in [0.4, 0.5) is 0 Å². The maximum Gasteiger partial charge on any atom is 0.300 e. The van der Waals surface area contributed by atoms with Crippen LogP contribution in [0.2, 0.25) is 0 Å². The molecule has 0 spiro atoms. The van der Waals surface area contributed by atoms with E-state index in [1.165, 1.54) is 6.42 Å². The van der Waals surface area contributed by atoms with Gasteiger partial charge in [0.15, 0.2) is 0 Å². The maximum atomic E-state index is 8.95. The minimum absolute atomic E-state index is 0.0625. The molecule has 0 aliphatic heterocycles. The minimum Gasteiger partial charge on any atom is -0.398 e. The summed E-state index contributed by atoms with van der Waals surface area (Å²) in [6, 6.07) is 0. The van der Waals surface area contributed by atoms with E-state index in [-0.39, 0.29) is 12.9 Å². The van der Waals surface area contributed by atoms with Gasteiger partial charge in [-0.3, -0.25) is 9.59 Å². The molecular weight excluding hydrogens is 108 g/mol. The first kappa shape index (κ1) is 10.2. The van der Waals surface area contributed by atoms with Crippen LogP contribution in [0.15, 0.2) is 0 Å². The van der Waals surface area contributed by atoms with E-state index in [2.05, 4.69) is 18.6 Å². The van der Waals surface area contributed by atoms with Gasteiger partial charge in [0.05, 0.1) is 0 Å². The molecule has 0 aromatic heterocycles. The number of hydrogen-bond donors (Lipinski definition) is 0. The molecule has 0 heterocycles. The number of carbonyl (C=O) groups is 2. The highest BCUT2D eigenvalue weighted by Crippen LogP contribution is 1.56. The highest BCUT2D eigenvalue weighted by atomic mass is 16.6. The van der Waals surface area contributed by atoms with E-state index in [1.54, 1.807) is 0 Å². The largest absolute Gasteiger partial charge is 0.398 e. The third-order valence-corrected chi connectivity index (χ3v) is 0.111. The maximum absolute atomic E-state index is 8.95. The van der Waals surface area contributed by atoms with Crippen molar-refractivity contribution in [3.63, 3.8) is 0 Å². The molecule has 0 atom stereocenters. The van der Waals surface area contributed by atoms with Gasteiger partial charge in [-0.25, -0.2) is 0 Å². The van der Waals surface area contributed by atoms with Crippen molar-refractivity contribution in [3.8, 4) is 0 Å². The molecule has 0 radical (unpaired) electrons. The predicted molar refractivity (Wildman–Crippen MR) is 29.2 cm³/mol. The fourth-order valence-electron chi connectivity index (χ4n) is 0.0227. The second-order valence-corrected chi connectivity index (χ2v) is 1.04. The lowest BCUT2D eigenvalue weighted by Crippen LogP contribution is -1.77. The van der Waals surface area contributed by atoms with Crippen molar-refractivity contribution < 1.29 is 14.3 Å². The zero-order valence-corrected chi connectivity index (χ0v) is 5.09. The van der Waals surface area contributed by atoms with E-state index in [9.17, 15) is 0 Å². The zero-order chi connectivity index (χ0) is 6.83. The second kappa shape index (κ2) is 16.5. The summed E-state index contributed by atoms with van der Waals surface area (Å²) >= 11 is 0. The Balaban J connectivity index is 0. The molecule has 0 bridgehead atoms. The Morgan fingerprint density at radius 3 is 1.50 bits per heavy atom. The topological polar surface area (TPSA) is 43.4 Å². The molecule has 0 aromatic carbocycles. The minimum atomic E-state index is 0.0625. The van der Waals surface area contributed by atoms with Crippen molar-refractivity contribution in [3.05, 3.63) is 0 Å². The van der Waals surface area contributed by atoms with E-state index >= 15 is 0 Å². The van der Waals surface area contributed by atoms with E-state index in [1.807, 2.05) is 0 Å². The van der Waals surface area contributed by atoms with Crippen LogP contribution in [0.3, 0.4) is 0 Å². The van der Waals surface area contributed by atoms with Gasteiger partial charge in [-0.1, -0.05) is 20.3 Å². The average molecular weight is 118 g/mol. The molecule has 0 aliphatic carbocycles. The summed E-state index contributed by atoms with van der Waals surface area (Å²) in [5.74, 6) is 0. The number of ether oxygens (including phenoxy) is 1. The quantitative estimate of drug-likeness (QED) is 0.396. The van der Waals surface area contributed by atoms with E-state index < -0.39 is 0 Å². The first-order chi connectivity index (χ1) is 3.83. The lowest BCUT2D eigenvalue weighted by molar-refractivity contribution is -0.141. The predicted octanol–water partition coefficient (Wildman–Crippen LogP) is 0.732. The molecule has 3 heteroatoms. The molecule has 48 valence electrons. The second-order valence-electron chi connectivity index (χ2n) is 1.04. The number of rotatable bonds is 2. The Bertz CT molecular complexity index is 45.6. The van der Waals surface area contributed by atoms with Gasteiger partial charge in [-0.15, -0.1) is 0 Å². The van der Waals surface area contributed by atoms with Crippen molar-refractivity contribution >= 4 is 12.9 Å². The van der Waals surface area contributed by atoms with Crippen molar-refractivity contribution in [2.75, 3.05) is 0 Å². The monoisotopic (exact) mass is 118 g/mol. The van der Waals surface area contributed by atoms with Gasteiger partial charge >= 0.3 is 12.9 Å². The normalized spacial score (nSPS) is 5.75. The van der Waals surface area contributed by atoms with Gasteiger partial charge in [-0.2, -0.15) is 0 Å². The van der Waals surface area contributed by atoms with Gasteiger partial charge in [-0.05, 0) is 0 Å². The Labute approximate surface area is 48.6 Å². The highest BCUT2D eigenvalue weighted by molar-refractivity contribution is 5.55. The van der Waals surface area contributed by atoms with Crippen LogP contribution in [0.5, 0.6) is 0 Å². The van der Waals surface area contributed by atoms with Crippen molar-refractivity contribution in [1.82, 2.24) is 0 Å². The van der Waals surface area contributed by atoms with Crippen molar-refractivity contribution in [2.24, 2.45) is 0 Å². The lowest BCUT2D eigenvalue weighted by Gasteiger charge is -1.65. The van der Waals surface area contributed by atoms with Gasteiger partial charge in [0.2, 0.25) is 0 Å². The Kier molecular flexibility index (Phi) is 21.0. The molecule has 3 nitrogen and oxygen atoms in total. The van der Waals surface area contributed by atoms with Gasteiger partial charge in [0.25, 0.3) is 0 Å². The Morgan fingerprint density at radius 1 is 1.25 bits per heavy atom. The molecular formula is C5H10O3. The molecule has 0 saturated heterocycles. The molecule has 0 N–H and O–H groups in total. The van der Waals surface area contributed by atoms with Crippen LogP contribution in [-0.4, -0.2) is 12.9 Å². The Hall–Kier alpha value is -0.860. The summed E-state index contributed by atoms with van der Waals surface area (Å²) in [7, 11) is 0. The fourth-order valence-corrected chi connectivity index (χ4v) is 0.0227. The van der Waals surface area contributed by atoms with Crippen LogP contribution in [0.1, 0.15) is 20.3 Å². The first-order valence-electron chi connectivity index (χ1n) is 2.36. The van der Waals surface area contributed by atoms with Crippen LogP contribution < -0.4 is 0 Å². The molecule has 0 aromatic rings. The van der Waals surface area contributed by atoms with E-state index in [4.69, 9.17) is 9.59 Å². The summed E-state index contributed by atoms with van der Waals surface area (Å²) in [6.07, 6.45) is 1.25. The highest BCUT2D eigenvalue weighted by Gasteiger charge is 1.58. The average Bonchev–Trinajstić information content (AvgIpc) is 1.71. The van der Waals surface area contributed by atoms with Crippen molar-refractivity contribution in [2.45, 2.75) is 20.3 Å². The summed E-state index contributed by atoms with van der Waals surface area (Å²) < 4.78 is 3.47. The molecule has 0 rings (SSSR count). The van der Waals surface area contributed by atoms with Crippen LogP contribution >= 0.6 is 0 Å². The third kappa shape index (κ3) is 67.8. The molecule has 0 saturated carbocycles. The number of carbonyl (C=O) groups excluding carboxylic acids is 2. The summed E-state index contributed by atoms with van der Waals surface area (Å²) in [4.78, 5) is 17.9. The molecule has 0 unspecified atom stereocenters. The third-order valence-electron chi connectivity index (χ3n) is 0.111. The summed E-state index contributed by atoms with van der Waals surface area (Å²) in [5.41, 5.74) is 0. The molecule has 0 amide bonds. The van der Waals surface area contributed by atoms with E-state index in [0.29, 0.717) is 0 Å². The zero-order valence-electron chi connectivity index (χ0n) is 5.09. The van der Waals surface area contributed by atoms with Gasteiger partial charge in [0, 0.05) is 0 Å². The SMILES string of the molecule is CCC.O=COC=O. The van der Waals surface area contributed by atoms with Gasteiger partial charge in [0.1, 0.15) is 0 Å². The smallest absolute Gasteiger partial charge is 0.300 e. The van der Waals surface area contributed by atoms with Crippen LogP contribution in [0, 0.1) is 0 Å². The summed E-state index contributed by atoms with van der Waals surface area (Å²) in [6.45, 7) is 4.38. The van der Waals surface area contributed by atoms with Crippen molar-refractivity contribution in [1.29, 1.82) is 0 Å². The standard InChI is InChI=1S/C3H8.C2H2O3/c1-3-2;3-1-5-2-4/h3H2,1-2H3;1-2H.